The predicted molar refractivity (Wildman–Crippen MR) is 66.2 cm³/mol. The molecule has 122 valence electrons. The number of hydrogen-bond donors (Lipinski definition) is 2. The Labute approximate surface area is 119 Å². The number of alkyl halides is 3. The van der Waals surface area contributed by atoms with Crippen LogP contribution in [0.5, 0.6) is 0 Å². The van der Waals surface area contributed by atoms with Gasteiger partial charge in [-0.3, -0.25) is 14.4 Å². The smallest absolute Gasteiger partial charge is 0.406 e. The van der Waals surface area contributed by atoms with Crippen molar-refractivity contribution in [1.82, 2.24) is 9.80 Å². The van der Waals surface area contributed by atoms with E-state index in [2.05, 4.69) is 0 Å². The van der Waals surface area contributed by atoms with Crippen LogP contribution < -0.4 is 5.73 Å². The number of carbonyl (C=O) groups is 3. The van der Waals surface area contributed by atoms with Gasteiger partial charge in [0.25, 0.3) is 0 Å². The molecule has 0 aromatic carbocycles. The normalized spacial score (nSPS) is 12.7. The standard InChI is InChI=1S/C11H18F3N3O4/c1-16(2)8(18)5-17(6-11(12,13)14)10(21)7(15)3-4-9(19)20/h7H,3-6,15H2,1-2H3,(H,19,20). The number of carboxylic acids is 1. The number of halogens is 3. The SMILES string of the molecule is CN(C)C(=O)CN(CC(F)(F)F)C(=O)C(N)CCC(=O)O. The molecule has 21 heavy (non-hydrogen) atoms. The number of hydrogen-bond acceptors (Lipinski definition) is 4. The van der Waals surface area contributed by atoms with Crippen molar-refractivity contribution in [3.8, 4) is 0 Å². The van der Waals surface area contributed by atoms with Crippen LogP contribution in [0.4, 0.5) is 13.2 Å². The van der Waals surface area contributed by atoms with Gasteiger partial charge >= 0.3 is 12.1 Å². The van der Waals surface area contributed by atoms with Gasteiger partial charge in [0.15, 0.2) is 0 Å². The van der Waals surface area contributed by atoms with E-state index in [0.29, 0.717) is 0 Å². The van der Waals surface area contributed by atoms with Gasteiger partial charge in [0.2, 0.25) is 11.8 Å². The minimum absolute atomic E-state index is 0.287. The van der Waals surface area contributed by atoms with Gasteiger partial charge in [-0.25, -0.2) is 0 Å². The van der Waals surface area contributed by atoms with Crippen LogP contribution >= 0.6 is 0 Å². The molecule has 0 aromatic heterocycles. The monoisotopic (exact) mass is 313 g/mol. The van der Waals surface area contributed by atoms with Crippen molar-refractivity contribution < 1.29 is 32.7 Å². The zero-order valence-electron chi connectivity index (χ0n) is 11.7. The van der Waals surface area contributed by atoms with Crippen molar-refractivity contribution in [2.75, 3.05) is 27.2 Å². The van der Waals surface area contributed by atoms with Gasteiger partial charge in [0.05, 0.1) is 6.04 Å². The first kappa shape index (κ1) is 19.2. The molecule has 10 heteroatoms. The molecule has 0 aliphatic heterocycles. The molecular formula is C11H18F3N3O4. The lowest BCUT2D eigenvalue weighted by Gasteiger charge is -2.27. The van der Waals surface area contributed by atoms with Crippen LogP contribution in [0, 0.1) is 0 Å². The van der Waals surface area contributed by atoms with E-state index in [0.717, 1.165) is 4.90 Å². The highest BCUT2D eigenvalue weighted by Crippen LogP contribution is 2.17. The number of amides is 2. The fourth-order valence-electron chi connectivity index (χ4n) is 1.37. The third-order valence-corrected chi connectivity index (χ3v) is 2.49. The van der Waals surface area contributed by atoms with E-state index in [1.807, 2.05) is 0 Å². The summed E-state index contributed by atoms with van der Waals surface area (Å²) in [5, 5.41) is 8.47. The number of carbonyl (C=O) groups excluding carboxylic acids is 2. The summed E-state index contributed by atoms with van der Waals surface area (Å²) in [5.41, 5.74) is 5.39. The number of nitrogens with two attached hydrogens (primary N) is 1. The predicted octanol–water partition coefficient (Wildman–Crippen LogP) is -0.342. The average molecular weight is 313 g/mol. The first-order valence-corrected chi connectivity index (χ1v) is 5.97. The lowest BCUT2D eigenvalue weighted by Crippen LogP contribution is -2.50. The second-order valence-electron chi connectivity index (χ2n) is 4.64. The van der Waals surface area contributed by atoms with Crippen LogP contribution in [-0.2, 0) is 14.4 Å². The van der Waals surface area contributed by atoms with Gasteiger partial charge in [0.1, 0.15) is 13.1 Å². The summed E-state index contributed by atoms with van der Waals surface area (Å²) in [7, 11) is 2.67. The molecule has 0 aliphatic rings. The van der Waals surface area contributed by atoms with Crippen LogP contribution in [0.25, 0.3) is 0 Å². The third kappa shape index (κ3) is 8.12. The van der Waals surface area contributed by atoms with Gasteiger partial charge in [0, 0.05) is 20.5 Å². The van der Waals surface area contributed by atoms with E-state index < -0.39 is 49.5 Å². The van der Waals surface area contributed by atoms with Crippen LogP contribution in [0.2, 0.25) is 0 Å². The Morgan fingerprint density at radius 2 is 1.76 bits per heavy atom. The van der Waals surface area contributed by atoms with E-state index in [1.54, 1.807) is 0 Å². The Morgan fingerprint density at radius 3 is 2.14 bits per heavy atom. The molecule has 0 fully saturated rings. The zero-order chi connectivity index (χ0) is 16.8. The van der Waals surface area contributed by atoms with Crippen molar-refractivity contribution >= 4 is 17.8 Å². The van der Waals surface area contributed by atoms with Gasteiger partial charge < -0.3 is 20.6 Å². The molecule has 0 saturated carbocycles. The van der Waals surface area contributed by atoms with Gasteiger partial charge in [-0.2, -0.15) is 13.2 Å². The minimum atomic E-state index is -4.69. The topological polar surface area (TPSA) is 104 Å². The molecule has 3 N–H and O–H groups in total. The quantitative estimate of drug-likeness (QED) is 0.669. The Kier molecular flexibility index (Phi) is 7.13. The fourth-order valence-corrected chi connectivity index (χ4v) is 1.37. The Hall–Kier alpha value is -1.84. The highest BCUT2D eigenvalue weighted by atomic mass is 19.4. The summed E-state index contributed by atoms with van der Waals surface area (Å²) < 4.78 is 37.3. The Balaban J connectivity index is 4.88. The second kappa shape index (κ2) is 7.81. The zero-order valence-corrected chi connectivity index (χ0v) is 11.7. The fraction of sp³-hybridized carbons (Fsp3) is 0.727. The van der Waals surface area contributed by atoms with Crippen LogP contribution in [0.15, 0.2) is 0 Å². The van der Waals surface area contributed by atoms with Crippen molar-refractivity contribution in [3.05, 3.63) is 0 Å². The van der Waals surface area contributed by atoms with Crippen LogP contribution in [-0.4, -0.2) is 72.1 Å². The first-order valence-electron chi connectivity index (χ1n) is 5.97. The molecule has 1 atom stereocenters. The molecule has 1 unspecified atom stereocenters. The molecular weight excluding hydrogens is 295 g/mol. The van der Waals surface area contributed by atoms with E-state index in [4.69, 9.17) is 10.8 Å². The summed E-state index contributed by atoms with van der Waals surface area (Å²) in [5.74, 6) is -3.02. The van der Waals surface area contributed by atoms with E-state index >= 15 is 0 Å². The van der Waals surface area contributed by atoms with E-state index in [9.17, 15) is 27.6 Å². The molecule has 0 aromatic rings. The van der Waals surface area contributed by atoms with Crippen molar-refractivity contribution in [3.63, 3.8) is 0 Å². The van der Waals surface area contributed by atoms with Crippen molar-refractivity contribution in [2.45, 2.75) is 25.1 Å². The van der Waals surface area contributed by atoms with Gasteiger partial charge in [-0.05, 0) is 6.42 Å². The Morgan fingerprint density at radius 1 is 1.24 bits per heavy atom. The first-order chi connectivity index (χ1) is 9.44. The lowest BCUT2D eigenvalue weighted by molar-refractivity contribution is -0.165. The highest BCUT2D eigenvalue weighted by Gasteiger charge is 2.35. The average Bonchev–Trinajstić information content (AvgIpc) is 2.32. The number of carboxylic acid groups (broad SMARTS) is 1. The lowest BCUT2D eigenvalue weighted by atomic mass is 10.1. The largest absolute Gasteiger partial charge is 0.481 e. The van der Waals surface area contributed by atoms with Crippen molar-refractivity contribution in [2.24, 2.45) is 5.73 Å². The molecule has 7 nitrogen and oxygen atoms in total. The number of aliphatic carboxylic acids is 1. The summed E-state index contributed by atoms with van der Waals surface area (Å²) in [4.78, 5) is 35.0. The van der Waals surface area contributed by atoms with E-state index in [1.165, 1.54) is 14.1 Å². The molecule has 0 saturated heterocycles. The maximum Gasteiger partial charge on any atom is 0.406 e. The number of likely N-dealkylation sites (N-methyl/N-ethyl adjacent to an activating group) is 1. The highest BCUT2D eigenvalue weighted by molar-refractivity contribution is 5.87. The maximum atomic E-state index is 12.4. The summed E-state index contributed by atoms with van der Waals surface area (Å²) in [6.45, 7) is -2.39. The minimum Gasteiger partial charge on any atom is -0.481 e. The molecule has 0 bridgehead atoms. The maximum absolute atomic E-state index is 12.4. The summed E-state index contributed by atoms with van der Waals surface area (Å²) in [6, 6.07) is -1.40. The molecule has 0 aliphatic carbocycles. The number of nitrogens with zero attached hydrogens (tertiary/aromatic N) is 2. The van der Waals surface area contributed by atoms with Gasteiger partial charge in [-0.15, -0.1) is 0 Å². The number of rotatable bonds is 7. The third-order valence-electron chi connectivity index (χ3n) is 2.49. The van der Waals surface area contributed by atoms with Crippen LogP contribution in [0.3, 0.4) is 0 Å². The Bertz CT molecular complexity index is 399. The summed E-state index contributed by atoms with van der Waals surface area (Å²) >= 11 is 0. The molecule has 0 radical (unpaired) electrons. The molecule has 0 heterocycles. The second-order valence-corrected chi connectivity index (χ2v) is 4.64. The summed E-state index contributed by atoms with van der Waals surface area (Å²) in [6.07, 6.45) is -5.44. The molecule has 0 rings (SSSR count). The molecule has 2 amide bonds. The van der Waals surface area contributed by atoms with E-state index in [-0.39, 0.29) is 11.3 Å². The molecule has 0 spiro atoms. The van der Waals surface area contributed by atoms with Crippen LogP contribution in [0.1, 0.15) is 12.8 Å². The van der Waals surface area contributed by atoms with Crippen molar-refractivity contribution in [1.29, 1.82) is 0 Å². The van der Waals surface area contributed by atoms with Gasteiger partial charge in [-0.1, -0.05) is 0 Å².